The molecule has 4 heterocycles. The molecule has 1 N–H and O–H groups in total. The molecule has 1 aliphatic rings. The predicted octanol–water partition coefficient (Wildman–Crippen LogP) is 5.76. The third-order valence-corrected chi connectivity index (χ3v) is 7.39. The van der Waals surface area contributed by atoms with Crippen LogP contribution >= 0.6 is 0 Å². The lowest BCUT2D eigenvalue weighted by Gasteiger charge is -2.32. The zero-order chi connectivity index (χ0) is 24.2. The summed E-state index contributed by atoms with van der Waals surface area (Å²) in [5, 5.41) is 9.72. The number of para-hydroxylation sites is 1. The second-order valence-electron chi connectivity index (χ2n) is 9.49. The first-order valence-electron chi connectivity index (χ1n) is 12.1. The van der Waals surface area contributed by atoms with Crippen molar-refractivity contribution in [2.75, 3.05) is 19.6 Å². The van der Waals surface area contributed by atoms with Crippen molar-refractivity contribution in [1.82, 2.24) is 29.0 Å². The molecule has 3 aromatic heterocycles. The molecule has 5 aromatic rings. The molecular weight excluding hydrogens is 453 g/mol. The van der Waals surface area contributed by atoms with Crippen molar-refractivity contribution in [2.24, 2.45) is 0 Å². The number of nitrogens with one attached hydrogen (secondary N) is 1. The van der Waals surface area contributed by atoms with Crippen molar-refractivity contribution in [3.8, 4) is 0 Å². The predicted molar refractivity (Wildman–Crippen MR) is 130 cm³/mol. The Bertz CT molecular complexity index is 1500. The van der Waals surface area contributed by atoms with E-state index in [2.05, 4.69) is 50.5 Å². The van der Waals surface area contributed by atoms with E-state index in [1.54, 1.807) is 0 Å². The van der Waals surface area contributed by atoms with Crippen molar-refractivity contribution in [2.45, 2.75) is 44.8 Å². The van der Waals surface area contributed by atoms with E-state index in [9.17, 15) is 13.2 Å². The highest BCUT2D eigenvalue weighted by molar-refractivity contribution is 5.84. The Kier molecular flexibility index (Phi) is 5.32. The lowest BCUT2D eigenvalue weighted by molar-refractivity contribution is -0.137. The average molecular weight is 481 g/mol. The van der Waals surface area contributed by atoms with E-state index >= 15 is 0 Å². The van der Waals surface area contributed by atoms with Gasteiger partial charge in [0.25, 0.3) is 0 Å². The molecule has 0 unspecified atom stereocenters. The molecular formula is C26H27F3N6. The van der Waals surface area contributed by atoms with Crippen LogP contribution in [-0.4, -0.2) is 48.7 Å². The van der Waals surface area contributed by atoms with Crippen molar-refractivity contribution in [3.05, 3.63) is 65.6 Å². The van der Waals surface area contributed by atoms with Gasteiger partial charge in [0.15, 0.2) is 0 Å². The largest absolute Gasteiger partial charge is 0.416 e. The molecule has 0 bridgehead atoms. The maximum atomic E-state index is 13.4. The molecule has 0 radical (unpaired) electrons. The average Bonchev–Trinajstić information content (AvgIpc) is 3.53. The SMILES string of the molecule is Cc1nnc2n(CCCN3CCC(c4c[nH]c5ccccc45)CC3)c3cc(C(F)(F)F)ccc3n12. The Morgan fingerprint density at radius 1 is 1.00 bits per heavy atom. The maximum absolute atomic E-state index is 13.4. The Morgan fingerprint density at radius 2 is 1.80 bits per heavy atom. The van der Waals surface area contributed by atoms with Crippen molar-refractivity contribution >= 4 is 27.7 Å². The van der Waals surface area contributed by atoms with Crippen molar-refractivity contribution in [1.29, 1.82) is 0 Å². The molecule has 1 fully saturated rings. The quantitative estimate of drug-likeness (QED) is 0.348. The number of imidazole rings is 1. The minimum absolute atomic E-state index is 0.547. The number of aromatic nitrogens is 5. The molecule has 0 spiro atoms. The molecule has 6 nitrogen and oxygen atoms in total. The van der Waals surface area contributed by atoms with Gasteiger partial charge in [-0.25, -0.2) is 0 Å². The van der Waals surface area contributed by atoms with Crippen LogP contribution in [0.4, 0.5) is 13.2 Å². The standard InChI is InChI=1S/C26H27F3N6/c1-17-31-32-25-34(24-15-19(26(27,28)29)7-8-23(24)35(17)25)12-4-11-33-13-9-18(10-14-33)21-16-30-22-6-3-2-5-20(21)22/h2-3,5-8,15-16,18,30H,4,9-14H2,1H3. The highest BCUT2D eigenvalue weighted by Gasteiger charge is 2.31. The number of rotatable bonds is 5. The van der Waals surface area contributed by atoms with E-state index < -0.39 is 11.7 Å². The summed E-state index contributed by atoms with van der Waals surface area (Å²) in [6.07, 6.45) is 0.823. The maximum Gasteiger partial charge on any atom is 0.416 e. The molecule has 35 heavy (non-hydrogen) atoms. The topological polar surface area (TPSA) is 54.2 Å². The summed E-state index contributed by atoms with van der Waals surface area (Å²) in [4.78, 5) is 5.85. The lowest BCUT2D eigenvalue weighted by Crippen LogP contribution is -2.34. The first kappa shape index (κ1) is 22.2. The first-order chi connectivity index (χ1) is 16.9. The van der Waals surface area contributed by atoms with Gasteiger partial charge in [-0.1, -0.05) is 18.2 Å². The van der Waals surface area contributed by atoms with Crippen LogP contribution in [0.3, 0.4) is 0 Å². The van der Waals surface area contributed by atoms with E-state index in [4.69, 9.17) is 0 Å². The van der Waals surface area contributed by atoms with Crippen molar-refractivity contribution < 1.29 is 13.2 Å². The number of hydrogen-bond donors (Lipinski definition) is 1. The molecule has 9 heteroatoms. The van der Waals surface area contributed by atoms with Gasteiger partial charge >= 0.3 is 6.18 Å². The molecule has 1 saturated heterocycles. The summed E-state index contributed by atoms with van der Waals surface area (Å²) < 4.78 is 43.8. The summed E-state index contributed by atoms with van der Waals surface area (Å²) in [6, 6.07) is 12.3. The van der Waals surface area contributed by atoms with Crippen LogP contribution in [0, 0.1) is 6.92 Å². The van der Waals surface area contributed by atoms with Gasteiger partial charge < -0.3 is 14.5 Å². The second-order valence-corrected chi connectivity index (χ2v) is 9.49. The molecule has 6 rings (SSSR count). The molecule has 1 aliphatic heterocycles. The van der Waals surface area contributed by atoms with Gasteiger partial charge in [0.05, 0.1) is 16.6 Å². The number of benzene rings is 2. The summed E-state index contributed by atoms with van der Waals surface area (Å²) in [6.45, 7) is 5.36. The van der Waals surface area contributed by atoms with Gasteiger partial charge in [0.1, 0.15) is 5.82 Å². The van der Waals surface area contributed by atoms with Crippen molar-refractivity contribution in [3.63, 3.8) is 0 Å². The second kappa shape index (κ2) is 8.41. The summed E-state index contributed by atoms with van der Waals surface area (Å²) in [5.41, 5.74) is 3.20. The lowest BCUT2D eigenvalue weighted by atomic mass is 9.89. The molecule has 0 atom stereocenters. The number of hydrogen-bond acceptors (Lipinski definition) is 3. The minimum atomic E-state index is -4.38. The number of aryl methyl sites for hydroxylation is 2. The minimum Gasteiger partial charge on any atom is -0.361 e. The number of aromatic amines is 1. The van der Waals surface area contributed by atoms with E-state index in [0.717, 1.165) is 45.0 Å². The van der Waals surface area contributed by atoms with Gasteiger partial charge in [-0.15, -0.1) is 10.2 Å². The summed E-state index contributed by atoms with van der Waals surface area (Å²) in [5.74, 6) is 1.81. The molecule has 0 amide bonds. The van der Waals surface area contributed by atoms with E-state index in [1.807, 2.05) is 15.9 Å². The molecule has 0 aliphatic carbocycles. The number of likely N-dealkylation sites (tertiary alicyclic amines) is 1. The van der Waals surface area contributed by atoms with Gasteiger partial charge in [-0.05, 0) is 81.6 Å². The van der Waals surface area contributed by atoms with Gasteiger partial charge in [-0.3, -0.25) is 4.40 Å². The van der Waals surface area contributed by atoms with E-state index in [1.165, 1.54) is 28.6 Å². The first-order valence-corrected chi connectivity index (χ1v) is 12.1. The fraction of sp³-hybridized carbons (Fsp3) is 0.385. The Morgan fingerprint density at radius 3 is 2.60 bits per heavy atom. The summed E-state index contributed by atoms with van der Waals surface area (Å²) in [7, 11) is 0. The number of piperidine rings is 1. The Labute approximate surface area is 200 Å². The van der Waals surface area contributed by atoms with Crippen LogP contribution in [0.25, 0.3) is 27.7 Å². The van der Waals surface area contributed by atoms with Crippen LogP contribution in [0.15, 0.2) is 48.7 Å². The van der Waals surface area contributed by atoms with Crippen LogP contribution in [0.1, 0.15) is 42.1 Å². The third kappa shape index (κ3) is 3.87. The zero-order valence-corrected chi connectivity index (χ0v) is 19.5. The van der Waals surface area contributed by atoms with Crippen LogP contribution in [0.2, 0.25) is 0 Å². The Balaban J connectivity index is 1.15. The smallest absolute Gasteiger partial charge is 0.361 e. The van der Waals surface area contributed by atoms with Crippen LogP contribution in [-0.2, 0) is 12.7 Å². The van der Waals surface area contributed by atoms with Gasteiger partial charge in [-0.2, -0.15) is 13.2 Å². The number of alkyl halides is 3. The molecule has 0 saturated carbocycles. The number of fused-ring (bicyclic) bond motifs is 4. The number of halogens is 3. The van der Waals surface area contributed by atoms with E-state index in [0.29, 0.717) is 35.1 Å². The molecule has 2 aromatic carbocycles. The summed E-state index contributed by atoms with van der Waals surface area (Å²) >= 11 is 0. The Hall–Kier alpha value is -3.33. The fourth-order valence-electron chi connectivity index (χ4n) is 5.59. The monoisotopic (exact) mass is 480 g/mol. The fourth-order valence-corrected chi connectivity index (χ4v) is 5.59. The zero-order valence-electron chi connectivity index (χ0n) is 19.5. The normalized spacial score (nSPS) is 16.2. The number of nitrogens with zero attached hydrogens (tertiary/aromatic N) is 5. The molecule has 182 valence electrons. The van der Waals surface area contributed by atoms with E-state index in [-0.39, 0.29) is 0 Å². The highest BCUT2D eigenvalue weighted by Crippen LogP contribution is 2.34. The highest BCUT2D eigenvalue weighted by atomic mass is 19.4. The van der Waals surface area contributed by atoms with Crippen LogP contribution < -0.4 is 0 Å². The van der Waals surface area contributed by atoms with Gasteiger partial charge in [0, 0.05) is 23.6 Å². The number of H-pyrrole nitrogens is 1. The van der Waals surface area contributed by atoms with Crippen LogP contribution in [0.5, 0.6) is 0 Å². The van der Waals surface area contributed by atoms with Gasteiger partial charge in [0.2, 0.25) is 5.78 Å². The third-order valence-electron chi connectivity index (χ3n) is 7.39.